The summed E-state index contributed by atoms with van der Waals surface area (Å²) in [7, 11) is 0. The maximum atomic E-state index is 5.42. The fourth-order valence-electron chi connectivity index (χ4n) is 2.63. The molecule has 104 valence electrons. The van der Waals surface area contributed by atoms with E-state index in [1.165, 1.54) is 51.4 Å². The lowest BCUT2D eigenvalue weighted by molar-refractivity contribution is 0.676. The molecule has 2 heteroatoms. The van der Waals surface area contributed by atoms with Gasteiger partial charge in [-0.25, -0.2) is 0 Å². The average molecular weight is 250 g/mol. The Labute approximate surface area is 113 Å². The van der Waals surface area contributed by atoms with Crippen molar-refractivity contribution in [1.29, 1.82) is 0 Å². The van der Waals surface area contributed by atoms with Crippen LogP contribution in [0.5, 0.6) is 0 Å². The number of nitrogens with two attached hydrogens (primary N) is 2. The highest BCUT2D eigenvalue weighted by Gasteiger charge is 2.01. The first-order valence-corrected chi connectivity index (χ1v) is 7.62. The second-order valence-electron chi connectivity index (χ2n) is 5.29. The fraction of sp³-hybridized carbons (Fsp3) is 0.750. The maximum Gasteiger partial charge on any atom is -0.00399 e. The van der Waals surface area contributed by atoms with E-state index in [2.05, 4.69) is 12.2 Å². The smallest absolute Gasteiger partial charge is 0.00399 e. The lowest BCUT2D eigenvalue weighted by atomic mass is 9.97. The molecular formula is C16H30N2. The van der Waals surface area contributed by atoms with Gasteiger partial charge in [0.05, 0.1) is 0 Å². The van der Waals surface area contributed by atoms with Crippen LogP contribution < -0.4 is 11.5 Å². The lowest BCUT2D eigenvalue weighted by Gasteiger charge is -2.10. The second-order valence-corrected chi connectivity index (χ2v) is 5.29. The summed E-state index contributed by atoms with van der Waals surface area (Å²) in [5, 5.41) is 0. The molecule has 0 radical (unpaired) electrons. The molecule has 0 atom stereocenters. The minimum atomic E-state index is 0.825. The molecule has 2 nitrogen and oxygen atoms in total. The van der Waals surface area contributed by atoms with E-state index in [0.29, 0.717) is 0 Å². The third-order valence-electron chi connectivity index (χ3n) is 3.70. The molecule has 2 aliphatic rings. The van der Waals surface area contributed by atoms with Crippen molar-refractivity contribution in [2.24, 2.45) is 11.5 Å². The van der Waals surface area contributed by atoms with Gasteiger partial charge in [-0.2, -0.15) is 0 Å². The van der Waals surface area contributed by atoms with Crippen LogP contribution in [0.15, 0.2) is 23.3 Å². The first-order valence-electron chi connectivity index (χ1n) is 7.62. The Kier molecular flexibility index (Phi) is 8.87. The van der Waals surface area contributed by atoms with Crippen molar-refractivity contribution in [1.82, 2.24) is 0 Å². The lowest BCUT2D eigenvalue weighted by Crippen LogP contribution is -2.02. The highest BCUT2D eigenvalue weighted by atomic mass is 14.5. The van der Waals surface area contributed by atoms with Crippen LogP contribution in [0.4, 0.5) is 0 Å². The maximum absolute atomic E-state index is 5.42. The van der Waals surface area contributed by atoms with E-state index in [-0.39, 0.29) is 0 Å². The Morgan fingerprint density at radius 1 is 0.722 bits per heavy atom. The zero-order valence-corrected chi connectivity index (χ0v) is 11.8. The summed E-state index contributed by atoms with van der Waals surface area (Å²) in [5.41, 5.74) is 14.0. The van der Waals surface area contributed by atoms with E-state index in [4.69, 9.17) is 11.5 Å². The van der Waals surface area contributed by atoms with Gasteiger partial charge in [0.1, 0.15) is 0 Å². The summed E-state index contributed by atoms with van der Waals surface area (Å²) in [6.45, 7) is 1.65. The van der Waals surface area contributed by atoms with E-state index in [1.54, 1.807) is 11.1 Å². The standard InChI is InChI=1S/2C8H15N/c2*9-7-6-8-4-2-1-3-5-8/h2*4H,1-3,5-7,9H2. The number of allylic oxidation sites excluding steroid dienone is 2. The summed E-state index contributed by atoms with van der Waals surface area (Å²) >= 11 is 0. The SMILES string of the molecule is NCCC1=CCCCC1.NCCC1=CCCCC1. The minimum absolute atomic E-state index is 0.825. The summed E-state index contributed by atoms with van der Waals surface area (Å²) < 4.78 is 0. The number of hydrogen-bond acceptors (Lipinski definition) is 2. The predicted octanol–water partition coefficient (Wildman–Crippen LogP) is 3.67. The van der Waals surface area contributed by atoms with Gasteiger partial charge < -0.3 is 11.5 Å². The molecule has 0 fully saturated rings. The molecule has 2 aliphatic carbocycles. The van der Waals surface area contributed by atoms with E-state index >= 15 is 0 Å². The van der Waals surface area contributed by atoms with Gasteiger partial charge in [0.15, 0.2) is 0 Å². The Hall–Kier alpha value is -0.600. The van der Waals surface area contributed by atoms with Gasteiger partial charge in [-0.3, -0.25) is 0 Å². The van der Waals surface area contributed by atoms with Crippen molar-refractivity contribution in [3.05, 3.63) is 23.3 Å². The van der Waals surface area contributed by atoms with E-state index in [0.717, 1.165) is 25.9 Å². The average Bonchev–Trinajstić information content (AvgIpc) is 2.43. The number of hydrogen-bond donors (Lipinski definition) is 2. The van der Waals surface area contributed by atoms with Crippen LogP contribution >= 0.6 is 0 Å². The van der Waals surface area contributed by atoms with Crippen LogP contribution in [0, 0.1) is 0 Å². The predicted molar refractivity (Wildman–Crippen MR) is 80.4 cm³/mol. The monoisotopic (exact) mass is 250 g/mol. The largest absolute Gasteiger partial charge is 0.330 e. The van der Waals surface area contributed by atoms with E-state index in [1.807, 2.05) is 0 Å². The highest BCUT2D eigenvalue weighted by Crippen LogP contribution is 2.19. The van der Waals surface area contributed by atoms with Crippen LogP contribution in [0.2, 0.25) is 0 Å². The molecule has 0 saturated carbocycles. The van der Waals surface area contributed by atoms with Crippen LogP contribution in [0.3, 0.4) is 0 Å². The molecule has 2 rings (SSSR count). The molecule has 0 unspecified atom stereocenters. The van der Waals surface area contributed by atoms with Gasteiger partial charge in [-0.15, -0.1) is 0 Å². The highest BCUT2D eigenvalue weighted by molar-refractivity contribution is 5.05. The summed E-state index contributed by atoms with van der Waals surface area (Å²) in [4.78, 5) is 0. The molecule has 0 bridgehead atoms. The molecule has 0 aromatic heterocycles. The van der Waals surface area contributed by atoms with Crippen molar-refractivity contribution in [3.63, 3.8) is 0 Å². The number of rotatable bonds is 4. The molecule has 0 aromatic carbocycles. The van der Waals surface area contributed by atoms with Crippen molar-refractivity contribution in [2.75, 3.05) is 13.1 Å². The third kappa shape index (κ3) is 6.97. The van der Waals surface area contributed by atoms with Crippen LogP contribution in [-0.2, 0) is 0 Å². The molecule has 0 saturated heterocycles. The topological polar surface area (TPSA) is 52.0 Å². The Balaban J connectivity index is 0.000000180. The van der Waals surface area contributed by atoms with Crippen LogP contribution in [0.25, 0.3) is 0 Å². The third-order valence-corrected chi connectivity index (χ3v) is 3.70. The van der Waals surface area contributed by atoms with E-state index < -0.39 is 0 Å². The van der Waals surface area contributed by atoms with Crippen molar-refractivity contribution in [2.45, 2.75) is 64.2 Å². The van der Waals surface area contributed by atoms with E-state index in [9.17, 15) is 0 Å². The van der Waals surface area contributed by atoms with Gasteiger partial charge in [-0.1, -0.05) is 23.3 Å². The van der Waals surface area contributed by atoms with Crippen molar-refractivity contribution < 1.29 is 0 Å². The van der Waals surface area contributed by atoms with Gasteiger partial charge in [0.25, 0.3) is 0 Å². The zero-order chi connectivity index (χ0) is 13.1. The Bertz CT molecular complexity index is 238. The molecule has 0 aromatic rings. The fourth-order valence-corrected chi connectivity index (χ4v) is 2.63. The minimum Gasteiger partial charge on any atom is -0.330 e. The van der Waals surface area contributed by atoms with Crippen LogP contribution in [0.1, 0.15) is 64.2 Å². The van der Waals surface area contributed by atoms with Crippen molar-refractivity contribution >= 4 is 0 Å². The Morgan fingerprint density at radius 2 is 1.17 bits per heavy atom. The van der Waals surface area contributed by atoms with Crippen LogP contribution in [-0.4, -0.2) is 13.1 Å². The summed E-state index contributed by atoms with van der Waals surface area (Å²) in [6, 6.07) is 0. The van der Waals surface area contributed by atoms with Crippen molar-refractivity contribution in [3.8, 4) is 0 Å². The molecule has 0 amide bonds. The Morgan fingerprint density at radius 3 is 1.44 bits per heavy atom. The van der Waals surface area contributed by atoms with Gasteiger partial charge in [0, 0.05) is 0 Å². The summed E-state index contributed by atoms with van der Waals surface area (Å²) in [6.07, 6.45) is 17.7. The van der Waals surface area contributed by atoms with Gasteiger partial charge in [0.2, 0.25) is 0 Å². The molecule has 0 heterocycles. The molecule has 0 spiro atoms. The summed E-state index contributed by atoms with van der Waals surface area (Å²) in [5.74, 6) is 0. The van der Waals surface area contributed by atoms with Gasteiger partial charge in [-0.05, 0) is 77.3 Å². The molecule has 0 aliphatic heterocycles. The molecule has 18 heavy (non-hydrogen) atoms. The van der Waals surface area contributed by atoms with Gasteiger partial charge >= 0.3 is 0 Å². The first kappa shape index (κ1) is 15.5. The zero-order valence-electron chi connectivity index (χ0n) is 11.8. The molecule has 4 N–H and O–H groups in total. The normalized spacial score (nSPS) is 19.4. The molecular weight excluding hydrogens is 220 g/mol. The second kappa shape index (κ2) is 10.3. The first-order chi connectivity index (χ1) is 8.86. The quantitative estimate of drug-likeness (QED) is 0.748.